The van der Waals surface area contributed by atoms with Crippen LogP contribution in [0.1, 0.15) is 24.5 Å². The summed E-state index contributed by atoms with van der Waals surface area (Å²) in [7, 11) is 1.35. The molecular weight excluding hydrogens is 342 g/mol. The number of nitrogens with zero attached hydrogens (tertiary/aromatic N) is 1. The maximum Gasteiger partial charge on any atom is 0.414 e. The minimum absolute atomic E-state index is 0.0856. The number of benzene rings is 2. The number of fused-ring (bicyclic) bond motifs is 3. The molecule has 1 saturated carbocycles. The van der Waals surface area contributed by atoms with Gasteiger partial charge in [-0.3, -0.25) is 9.69 Å². The zero-order valence-corrected chi connectivity index (χ0v) is 15.6. The van der Waals surface area contributed by atoms with Crippen molar-refractivity contribution >= 4 is 17.6 Å². The minimum Gasteiger partial charge on any atom is -0.452 e. The summed E-state index contributed by atoms with van der Waals surface area (Å²) < 4.78 is 10.7. The van der Waals surface area contributed by atoms with Crippen LogP contribution in [0.15, 0.2) is 54.6 Å². The number of hydrogen-bond acceptors (Lipinski definition) is 4. The molecule has 2 aromatic carbocycles. The molecule has 5 heteroatoms. The molecule has 0 bridgehead atoms. The smallest absolute Gasteiger partial charge is 0.414 e. The van der Waals surface area contributed by atoms with Gasteiger partial charge in [-0.2, -0.15) is 0 Å². The maximum atomic E-state index is 12.9. The zero-order valence-electron chi connectivity index (χ0n) is 15.6. The maximum absolute atomic E-state index is 12.9. The van der Waals surface area contributed by atoms with E-state index in [0.29, 0.717) is 19.6 Å². The van der Waals surface area contributed by atoms with E-state index in [-0.39, 0.29) is 11.7 Å². The molecule has 3 atom stereocenters. The number of anilines is 1. The number of para-hydroxylation sites is 1. The first-order valence-corrected chi connectivity index (χ1v) is 9.21. The number of carbonyl (C=O) groups excluding carboxylic acids is 2. The van der Waals surface area contributed by atoms with Crippen LogP contribution >= 0.6 is 0 Å². The van der Waals surface area contributed by atoms with Crippen molar-refractivity contribution in [3.63, 3.8) is 0 Å². The number of Topliss-reactive ketones (excluding diaryl/α,β-unsaturated/α-hetero) is 1. The van der Waals surface area contributed by atoms with E-state index < -0.39 is 17.6 Å². The molecule has 2 aliphatic rings. The molecular formula is C22H23NO4. The van der Waals surface area contributed by atoms with Crippen LogP contribution in [0, 0.1) is 5.92 Å². The Balaban J connectivity index is 1.49. The summed E-state index contributed by atoms with van der Waals surface area (Å²) in [4.78, 5) is 26.7. The Hall–Kier alpha value is -2.66. The molecule has 1 amide bonds. The van der Waals surface area contributed by atoms with Crippen LogP contribution in [0.3, 0.4) is 0 Å². The summed E-state index contributed by atoms with van der Waals surface area (Å²) in [6, 6.07) is 17.2. The topological polar surface area (TPSA) is 55.8 Å². The molecule has 1 aliphatic carbocycles. The highest BCUT2D eigenvalue weighted by Gasteiger charge is 2.67. The van der Waals surface area contributed by atoms with E-state index in [2.05, 4.69) is 6.92 Å². The number of ether oxygens (including phenoxy) is 2. The van der Waals surface area contributed by atoms with Gasteiger partial charge < -0.3 is 9.47 Å². The van der Waals surface area contributed by atoms with Gasteiger partial charge in [0.05, 0.1) is 19.4 Å². The van der Waals surface area contributed by atoms with Gasteiger partial charge in [0.25, 0.3) is 0 Å². The fourth-order valence-electron chi connectivity index (χ4n) is 4.59. The van der Waals surface area contributed by atoms with Crippen molar-refractivity contribution in [2.24, 2.45) is 5.92 Å². The standard InChI is InChI=1S/C22H23NO4/c1-22-16-10-6-7-11-18(16)23(21(25)26-2)20(22)19(24)17(22)12-13-27-14-15-8-4-3-5-9-15/h3-11,17,20H,12-14H2,1-2H3/t17-,20-,22+/m0/s1. The van der Waals surface area contributed by atoms with Crippen molar-refractivity contribution in [2.75, 3.05) is 18.6 Å². The van der Waals surface area contributed by atoms with E-state index in [4.69, 9.17) is 9.47 Å². The van der Waals surface area contributed by atoms with Crippen LogP contribution in [-0.4, -0.2) is 31.6 Å². The van der Waals surface area contributed by atoms with Gasteiger partial charge in [0.2, 0.25) is 0 Å². The molecule has 5 nitrogen and oxygen atoms in total. The fourth-order valence-corrected chi connectivity index (χ4v) is 4.59. The molecule has 4 rings (SSSR count). The molecule has 1 aliphatic heterocycles. The van der Waals surface area contributed by atoms with Crippen molar-refractivity contribution in [3.8, 4) is 0 Å². The molecule has 1 heterocycles. The SMILES string of the molecule is COC(=O)N1c2ccccc2[C@@]2(C)[C@@H]1C(=O)[C@@H]2CCOCc1ccccc1. The summed E-state index contributed by atoms with van der Waals surface area (Å²) in [6.45, 7) is 3.11. The Morgan fingerprint density at radius 1 is 1.11 bits per heavy atom. The Labute approximate surface area is 158 Å². The molecule has 0 unspecified atom stereocenters. The number of methoxy groups -OCH3 is 1. The number of hydrogen-bond donors (Lipinski definition) is 0. The zero-order chi connectivity index (χ0) is 19.0. The van der Waals surface area contributed by atoms with Crippen molar-refractivity contribution in [1.29, 1.82) is 0 Å². The molecule has 0 spiro atoms. The van der Waals surface area contributed by atoms with Gasteiger partial charge in [0.1, 0.15) is 6.04 Å². The average Bonchev–Trinajstić information content (AvgIpc) is 2.94. The molecule has 27 heavy (non-hydrogen) atoms. The second-order valence-electron chi connectivity index (χ2n) is 7.32. The third kappa shape index (κ3) is 2.65. The first-order chi connectivity index (χ1) is 13.1. The van der Waals surface area contributed by atoms with Crippen molar-refractivity contribution in [2.45, 2.75) is 31.4 Å². The van der Waals surface area contributed by atoms with Gasteiger partial charge in [-0.15, -0.1) is 0 Å². The quantitative estimate of drug-likeness (QED) is 0.758. The normalized spacial score (nSPS) is 25.6. The average molecular weight is 365 g/mol. The highest BCUT2D eigenvalue weighted by Crippen LogP contribution is 2.58. The summed E-state index contributed by atoms with van der Waals surface area (Å²) in [5, 5.41) is 0. The van der Waals surface area contributed by atoms with E-state index in [1.165, 1.54) is 12.0 Å². The van der Waals surface area contributed by atoms with Gasteiger partial charge in [0.15, 0.2) is 5.78 Å². The van der Waals surface area contributed by atoms with Gasteiger partial charge in [-0.25, -0.2) is 4.79 Å². The van der Waals surface area contributed by atoms with E-state index in [1.54, 1.807) is 0 Å². The van der Waals surface area contributed by atoms with Gasteiger partial charge >= 0.3 is 6.09 Å². The Morgan fingerprint density at radius 3 is 2.56 bits per heavy atom. The van der Waals surface area contributed by atoms with Gasteiger partial charge in [0, 0.05) is 17.9 Å². The van der Waals surface area contributed by atoms with Gasteiger partial charge in [-0.1, -0.05) is 55.5 Å². The Kier molecular flexibility index (Phi) is 4.48. The number of rotatable bonds is 5. The second kappa shape index (κ2) is 6.82. The molecule has 0 radical (unpaired) electrons. The molecule has 1 fully saturated rings. The largest absolute Gasteiger partial charge is 0.452 e. The third-order valence-corrected chi connectivity index (χ3v) is 5.94. The lowest BCUT2D eigenvalue weighted by Gasteiger charge is -2.50. The number of amides is 1. The van der Waals surface area contributed by atoms with Gasteiger partial charge in [-0.05, 0) is 23.6 Å². The van der Waals surface area contributed by atoms with E-state index in [1.807, 2.05) is 54.6 Å². The molecule has 140 valence electrons. The number of ketones is 1. The van der Waals surface area contributed by atoms with Crippen LogP contribution in [0.4, 0.5) is 10.5 Å². The summed E-state index contributed by atoms with van der Waals surface area (Å²) in [6.07, 6.45) is 0.158. The lowest BCUT2D eigenvalue weighted by molar-refractivity contribution is -0.139. The minimum atomic E-state index is -0.485. The molecule has 0 aromatic heterocycles. The second-order valence-corrected chi connectivity index (χ2v) is 7.32. The van der Waals surface area contributed by atoms with Crippen LogP contribution < -0.4 is 4.90 Å². The highest BCUT2D eigenvalue weighted by atomic mass is 16.5. The van der Waals surface area contributed by atoms with Crippen molar-refractivity contribution < 1.29 is 19.1 Å². The van der Waals surface area contributed by atoms with Crippen molar-refractivity contribution in [1.82, 2.24) is 0 Å². The van der Waals surface area contributed by atoms with Crippen LogP contribution in [0.2, 0.25) is 0 Å². The van der Waals surface area contributed by atoms with E-state index in [0.717, 1.165) is 16.8 Å². The first-order valence-electron chi connectivity index (χ1n) is 9.21. The van der Waals surface area contributed by atoms with E-state index in [9.17, 15) is 9.59 Å². The summed E-state index contributed by atoms with van der Waals surface area (Å²) >= 11 is 0. The molecule has 0 N–H and O–H groups in total. The number of carbonyl (C=O) groups is 2. The lowest BCUT2D eigenvalue weighted by atomic mass is 9.54. The van der Waals surface area contributed by atoms with Crippen molar-refractivity contribution in [3.05, 3.63) is 65.7 Å². The third-order valence-electron chi connectivity index (χ3n) is 5.94. The van der Waals surface area contributed by atoms with Crippen LogP contribution in [-0.2, 0) is 26.3 Å². The molecule has 0 saturated heterocycles. The Bertz CT molecular complexity index is 866. The van der Waals surface area contributed by atoms with E-state index >= 15 is 0 Å². The molecule has 2 aromatic rings. The lowest BCUT2D eigenvalue weighted by Crippen LogP contribution is -2.67. The van der Waals surface area contributed by atoms with Crippen LogP contribution in [0.5, 0.6) is 0 Å². The summed E-state index contributed by atoms with van der Waals surface area (Å²) in [5.74, 6) is -0.0727. The summed E-state index contributed by atoms with van der Waals surface area (Å²) in [5.41, 5.74) is 2.54. The van der Waals surface area contributed by atoms with Crippen LogP contribution in [0.25, 0.3) is 0 Å². The Morgan fingerprint density at radius 2 is 1.81 bits per heavy atom. The first kappa shape index (κ1) is 17.7. The predicted octanol–water partition coefficient (Wildman–Crippen LogP) is 3.71. The fraction of sp³-hybridized carbons (Fsp3) is 0.364. The predicted molar refractivity (Wildman–Crippen MR) is 102 cm³/mol. The highest BCUT2D eigenvalue weighted by molar-refractivity contribution is 6.10. The monoisotopic (exact) mass is 365 g/mol.